The molecule has 29 heavy (non-hydrogen) atoms. The van der Waals surface area contributed by atoms with Crippen molar-refractivity contribution in [2.45, 2.75) is 0 Å². The fraction of sp³-hybridized carbons (Fsp3) is 0. The minimum Gasteiger partial charge on any atom is -0.451 e. The van der Waals surface area contributed by atoms with Crippen LogP contribution in [0.5, 0.6) is 0 Å². The molecular weight excluding hydrogens is 368 g/mol. The molecule has 0 radical (unpaired) electrons. The van der Waals surface area contributed by atoms with E-state index in [4.69, 9.17) is 4.42 Å². The molecule has 4 aromatic rings. The van der Waals surface area contributed by atoms with Crippen LogP contribution in [0.2, 0.25) is 0 Å². The Balaban J connectivity index is 1.59. The number of carbonyl (C=O) groups is 1. The van der Waals surface area contributed by atoms with Gasteiger partial charge in [0, 0.05) is 28.9 Å². The summed E-state index contributed by atoms with van der Waals surface area (Å²) in [5, 5.41) is 13.8. The third kappa shape index (κ3) is 3.91. The number of furan rings is 1. The van der Waals surface area contributed by atoms with Crippen LogP contribution in [0, 0.1) is 10.1 Å². The van der Waals surface area contributed by atoms with Crippen LogP contribution in [0.4, 0.5) is 11.4 Å². The Morgan fingerprint density at radius 3 is 2.34 bits per heavy atom. The number of rotatable bonds is 5. The molecule has 1 N–H and O–H groups in total. The Labute approximate surface area is 166 Å². The number of benzene rings is 3. The largest absolute Gasteiger partial charge is 0.451 e. The van der Waals surface area contributed by atoms with Crippen molar-refractivity contribution in [3.63, 3.8) is 0 Å². The summed E-state index contributed by atoms with van der Waals surface area (Å²) in [6.45, 7) is 0. The van der Waals surface area contributed by atoms with Gasteiger partial charge in [-0.2, -0.15) is 0 Å². The van der Waals surface area contributed by atoms with Crippen molar-refractivity contribution in [2.24, 2.45) is 0 Å². The number of non-ortho nitro benzene ring substituents is 1. The van der Waals surface area contributed by atoms with E-state index in [1.807, 2.05) is 54.6 Å². The number of para-hydroxylation sites is 1. The first kappa shape index (κ1) is 18.2. The van der Waals surface area contributed by atoms with Gasteiger partial charge >= 0.3 is 0 Å². The summed E-state index contributed by atoms with van der Waals surface area (Å²) < 4.78 is 5.65. The Morgan fingerprint density at radius 2 is 1.55 bits per heavy atom. The predicted molar refractivity (Wildman–Crippen MR) is 111 cm³/mol. The lowest BCUT2D eigenvalue weighted by molar-refractivity contribution is -0.384. The fourth-order valence-electron chi connectivity index (χ4n) is 3.03. The molecule has 0 unspecified atom stereocenters. The number of amides is 1. The molecule has 0 aliphatic rings. The molecule has 0 bridgehead atoms. The van der Waals surface area contributed by atoms with Gasteiger partial charge in [-0.1, -0.05) is 60.7 Å². The van der Waals surface area contributed by atoms with Gasteiger partial charge in [0.05, 0.1) is 4.92 Å². The van der Waals surface area contributed by atoms with E-state index < -0.39 is 10.8 Å². The van der Waals surface area contributed by atoms with Crippen molar-refractivity contribution in [3.05, 3.63) is 107 Å². The second-order valence-electron chi connectivity index (χ2n) is 6.34. The van der Waals surface area contributed by atoms with Crippen molar-refractivity contribution in [3.8, 4) is 22.5 Å². The SMILES string of the molecule is O=C(Nc1ccccc1-c1ccccc1)c1ccc(-c2cccc([N+](=O)[O-])c2)o1. The number of nitro benzene ring substituents is 1. The number of hydrogen-bond donors (Lipinski definition) is 1. The Hall–Kier alpha value is -4.19. The number of hydrogen-bond acceptors (Lipinski definition) is 4. The number of nitrogens with one attached hydrogen (secondary N) is 1. The van der Waals surface area contributed by atoms with Crippen LogP contribution in [0.25, 0.3) is 22.5 Å². The number of carbonyl (C=O) groups excluding carboxylic acids is 1. The first-order chi connectivity index (χ1) is 14.1. The zero-order chi connectivity index (χ0) is 20.2. The molecule has 4 rings (SSSR count). The lowest BCUT2D eigenvalue weighted by Gasteiger charge is -2.10. The molecule has 6 heteroatoms. The molecule has 0 spiro atoms. The lowest BCUT2D eigenvalue weighted by Crippen LogP contribution is -2.11. The molecule has 0 fully saturated rings. The van der Waals surface area contributed by atoms with E-state index in [0.29, 0.717) is 17.0 Å². The van der Waals surface area contributed by atoms with Gasteiger partial charge in [0.15, 0.2) is 5.76 Å². The van der Waals surface area contributed by atoms with Crippen LogP contribution in [0.15, 0.2) is 95.4 Å². The van der Waals surface area contributed by atoms with Gasteiger partial charge in [-0.3, -0.25) is 14.9 Å². The monoisotopic (exact) mass is 384 g/mol. The van der Waals surface area contributed by atoms with Crippen LogP contribution in [-0.2, 0) is 0 Å². The highest BCUT2D eigenvalue weighted by Gasteiger charge is 2.16. The third-order valence-corrected chi connectivity index (χ3v) is 4.43. The number of nitro groups is 1. The van der Waals surface area contributed by atoms with Crippen molar-refractivity contribution < 1.29 is 14.1 Å². The summed E-state index contributed by atoms with van der Waals surface area (Å²) in [6.07, 6.45) is 0. The Kier molecular flexibility index (Phi) is 4.90. The van der Waals surface area contributed by atoms with Crippen LogP contribution in [0.3, 0.4) is 0 Å². The molecule has 1 heterocycles. The Morgan fingerprint density at radius 1 is 0.828 bits per heavy atom. The maximum atomic E-state index is 12.7. The smallest absolute Gasteiger partial charge is 0.291 e. The van der Waals surface area contributed by atoms with Gasteiger partial charge in [0.2, 0.25) is 0 Å². The predicted octanol–water partition coefficient (Wildman–Crippen LogP) is 5.77. The van der Waals surface area contributed by atoms with Crippen molar-refractivity contribution >= 4 is 17.3 Å². The summed E-state index contributed by atoms with van der Waals surface area (Å²) >= 11 is 0. The van der Waals surface area contributed by atoms with E-state index in [9.17, 15) is 14.9 Å². The standard InChI is InChI=1S/C23H16N2O4/c26-23(24-20-12-5-4-11-19(20)16-7-2-1-3-8-16)22-14-13-21(29-22)17-9-6-10-18(15-17)25(27)28/h1-15H,(H,24,26). The van der Waals surface area contributed by atoms with E-state index in [1.54, 1.807) is 24.3 Å². The van der Waals surface area contributed by atoms with Gasteiger partial charge in [-0.25, -0.2) is 0 Å². The first-order valence-electron chi connectivity index (χ1n) is 8.92. The van der Waals surface area contributed by atoms with Gasteiger partial charge in [-0.15, -0.1) is 0 Å². The van der Waals surface area contributed by atoms with Gasteiger partial charge < -0.3 is 9.73 Å². The molecule has 0 atom stereocenters. The van der Waals surface area contributed by atoms with E-state index in [-0.39, 0.29) is 11.4 Å². The summed E-state index contributed by atoms with van der Waals surface area (Å²) in [5.74, 6) is 0.106. The van der Waals surface area contributed by atoms with Gasteiger partial charge in [0.25, 0.3) is 11.6 Å². The number of nitrogens with zero attached hydrogens (tertiary/aromatic N) is 1. The molecule has 1 aromatic heterocycles. The average Bonchev–Trinajstić information content (AvgIpc) is 3.25. The highest BCUT2D eigenvalue weighted by molar-refractivity contribution is 6.04. The minimum absolute atomic E-state index is 0.0401. The highest BCUT2D eigenvalue weighted by atomic mass is 16.6. The lowest BCUT2D eigenvalue weighted by atomic mass is 10.0. The highest BCUT2D eigenvalue weighted by Crippen LogP contribution is 2.29. The normalized spacial score (nSPS) is 10.5. The topological polar surface area (TPSA) is 85.4 Å². The molecule has 0 saturated heterocycles. The molecular formula is C23H16N2O4. The maximum absolute atomic E-state index is 12.7. The first-order valence-corrected chi connectivity index (χ1v) is 8.92. The van der Waals surface area contributed by atoms with Gasteiger partial charge in [-0.05, 0) is 23.8 Å². The van der Waals surface area contributed by atoms with E-state index in [2.05, 4.69) is 5.32 Å². The van der Waals surface area contributed by atoms with Crippen LogP contribution in [-0.4, -0.2) is 10.8 Å². The quantitative estimate of drug-likeness (QED) is 0.349. The average molecular weight is 384 g/mol. The van der Waals surface area contributed by atoms with Crippen molar-refractivity contribution in [1.29, 1.82) is 0 Å². The molecule has 0 saturated carbocycles. The second kappa shape index (κ2) is 7.82. The summed E-state index contributed by atoms with van der Waals surface area (Å²) in [6, 6.07) is 26.5. The fourth-order valence-corrected chi connectivity index (χ4v) is 3.03. The molecule has 6 nitrogen and oxygen atoms in total. The summed E-state index contributed by atoms with van der Waals surface area (Å²) in [5.41, 5.74) is 3.04. The van der Waals surface area contributed by atoms with E-state index >= 15 is 0 Å². The maximum Gasteiger partial charge on any atom is 0.291 e. The zero-order valence-electron chi connectivity index (χ0n) is 15.2. The van der Waals surface area contributed by atoms with Gasteiger partial charge in [0.1, 0.15) is 5.76 Å². The molecule has 3 aromatic carbocycles. The molecule has 0 aliphatic heterocycles. The summed E-state index contributed by atoms with van der Waals surface area (Å²) in [4.78, 5) is 23.2. The summed E-state index contributed by atoms with van der Waals surface area (Å²) in [7, 11) is 0. The van der Waals surface area contributed by atoms with Crippen molar-refractivity contribution in [1.82, 2.24) is 0 Å². The van der Waals surface area contributed by atoms with Crippen LogP contribution < -0.4 is 5.32 Å². The second-order valence-corrected chi connectivity index (χ2v) is 6.34. The van der Waals surface area contributed by atoms with Crippen LogP contribution >= 0.6 is 0 Å². The van der Waals surface area contributed by atoms with Crippen molar-refractivity contribution in [2.75, 3.05) is 5.32 Å². The zero-order valence-corrected chi connectivity index (χ0v) is 15.2. The molecule has 142 valence electrons. The van der Waals surface area contributed by atoms with E-state index in [0.717, 1.165) is 11.1 Å². The molecule has 1 amide bonds. The van der Waals surface area contributed by atoms with E-state index in [1.165, 1.54) is 12.1 Å². The molecule has 0 aliphatic carbocycles. The minimum atomic E-state index is -0.472. The number of anilines is 1. The van der Waals surface area contributed by atoms with Crippen LogP contribution in [0.1, 0.15) is 10.6 Å². The third-order valence-electron chi connectivity index (χ3n) is 4.43. The Bertz CT molecular complexity index is 1180.